The van der Waals surface area contributed by atoms with Crippen LogP contribution in [-0.2, 0) is 6.42 Å². The molecule has 1 fully saturated rings. The second-order valence-electron chi connectivity index (χ2n) is 4.33. The lowest BCUT2D eigenvalue weighted by Crippen LogP contribution is -2.43. The fourth-order valence-corrected chi connectivity index (χ4v) is 1.76. The van der Waals surface area contributed by atoms with Gasteiger partial charge in [0, 0.05) is 26.1 Å². The van der Waals surface area contributed by atoms with E-state index in [0.29, 0.717) is 24.7 Å². The fourth-order valence-electron chi connectivity index (χ4n) is 1.76. The van der Waals surface area contributed by atoms with Crippen LogP contribution < -0.4 is 10.6 Å². The standard InChI is InChI=1S/C10H14N8O/c19-10(12-2-1-9-13-6-14-16-9)8-5-18(17-15-8)7-3-11-4-7/h5-7,11H,1-4H2,(H,12,19)(H,13,14,16). The van der Waals surface area contributed by atoms with E-state index in [-0.39, 0.29) is 5.91 Å². The van der Waals surface area contributed by atoms with Gasteiger partial charge in [0.1, 0.15) is 12.2 Å². The predicted octanol–water partition coefficient (Wildman–Crippen LogP) is -1.49. The average Bonchev–Trinajstić information content (AvgIpc) is 2.97. The fraction of sp³-hybridized carbons (Fsp3) is 0.500. The molecule has 0 radical (unpaired) electrons. The molecule has 19 heavy (non-hydrogen) atoms. The molecule has 0 aromatic carbocycles. The van der Waals surface area contributed by atoms with Crippen molar-refractivity contribution in [3.8, 4) is 0 Å². The van der Waals surface area contributed by atoms with Crippen molar-refractivity contribution in [2.75, 3.05) is 19.6 Å². The highest BCUT2D eigenvalue weighted by molar-refractivity contribution is 5.91. The number of H-pyrrole nitrogens is 1. The summed E-state index contributed by atoms with van der Waals surface area (Å²) in [5.41, 5.74) is 0.337. The molecule has 3 heterocycles. The number of carbonyl (C=O) groups is 1. The molecule has 0 saturated carbocycles. The maximum Gasteiger partial charge on any atom is 0.273 e. The Kier molecular flexibility index (Phi) is 3.19. The van der Waals surface area contributed by atoms with Crippen LogP contribution in [0.1, 0.15) is 22.4 Å². The van der Waals surface area contributed by atoms with Crippen molar-refractivity contribution >= 4 is 5.91 Å². The normalized spacial score (nSPS) is 15.2. The summed E-state index contributed by atoms with van der Waals surface area (Å²) >= 11 is 0. The van der Waals surface area contributed by atoms with Crippen molar-refractivity contribution in [3.05, 3.63) is 24.0 Å². The average molecular weight is 262 g/mol. The molecule has 3 N–H and O–H groups in total. The van der Waals surface area contributed by atoms with Crippen molar-refractivity contribution in [3.63, 3.8) is 0 Å². The lowest BCUT2D eigenvalue weighted by Gasteiger charge is -2.26. The Morgan fingerprint density at radius 1 is 1.53 bits per heavy atom. The lowest BCUT2D eigenvalue weighted by molar-refractivity contribution is 0.0949. The molecule has 1 amide bonds. The van der Waals surface area contributed by atoms with Gasteiger partial charge in [-0.2, -0.15) is 5.10 Å². The molecule has 0 unspecified atom stereocenters. The van der Waals surface area contributed by atoms with E-state index >= 15 is 0 Å². The number of nitrogens with one attached hydrogen (secondary N) is 3. The summed E-state index contributed by atoms with van der Waals surface area (Å²) in [5.74, 6) is 0.516. The quantitative estimate of drug-likeness (QED) is 0.605. The third-order valence-corrected chi connectivity index (χ3v) is 2.99. The molecule has 1 aliphatic heterocycles. The zero-order chi connectivity index (χ0) is 13.1. The Balaban J connectivity index is 1.50. The number of hydrogen-bond donors (Lipinski definition) is 3. The molecule has 0 aliphatic carbocycles. The van der Waals surface area contributed by atoms with E-state index < -0.39 is 0 Å². The minimum atomic E-state index is -0.224. The number of aromatic nitrogens is 6. The summed E-state index contributed by atoms with van der Waals surface area (Å²) in [5, 5.41) is 20.2. The number of hydrogen-bond acceptors (Lipinski definition) is 6. The topological polar surface area (TPSA) is 113 Å². The Bertz CT molecular complexity index is 544. The molecule has 3 rings (SSSR count). The van der Waals surface area contributed by atoms with Crippen molar-refractivity contribution in [1.82, 2.24) is 40.8 Å². The summed E-state index contributed by atoms with van der Waals surface area (Å²) < 4.78 is 1.72. The molecule has 0 bridgehead atoms. The molecular formula is C10H14N8O. The highest BCUT2D eigenvalue weighted by atomic mass is 16.2. The van der Waals surface area contributed by atoms with Crippen LogP contribution in [0, 0.1) is 0 Å². The molecule has 1 aliphatic rings. The van der Waals surface area contributed by atoms with E-state index in [0.717, 1.165) is 18.9 Å². The number of aromatic amines is 1. The third-order valence-electron chi connectivity index (χ3n) is 2.99. The third kappa shape index (κ3) is 2.60. The van der Waals surface area contributed by atoms with Crippen molar-refractivity contribution < 1.29 is 4.79 Å². The Morgan fingerprint density at radius 2 is 2.42 bits per heavy atom. The zero-order valence-corrected chi connectivity index (χ0v) is 10.2. The van der Waals surface area contributed by atoms with Crippen LogP contribution in [0.3, 0.4) is 0 Å². The molecule has 9 nitrogen and oxygen atoms in total. The summed E-state index contributed by atoms with van der Waals surface area (Å²) in [6, 6.07) is 0.309. The molecule has 2 aromatic heterocycles. The Labute approximate surface area is 108 Å². The van der Waals surface area contributed by atoms with Gasteiger partial charge in [-0.15, -0.1) is 5.10 Å². The summed E-state index contributed by atoms with van der Waals surface area (Å²) in [4.78, 5) is 15.8. The van der Waals surface area contributed by atoms with E-state index in [2.05, 4.69) is 36.1 Å². The van der Waals surface area contributed by atoms with Crippen LogP contribution in [0.4, 0.5) is 0 Å². The van der Waals surface area contributed by atoms with Crippen LogP contribution in [0.15, 0.2) is 12.5 Å². The van der Waals surface area contributed by atoms with E-state index in [1.165, 1.54) is 6.33 Å². The second kappa shape index (κ2) is 5.14. The number of nitrogens with zero attached hydrogens (tertiary/aromatic N) is 5. The summed E-state index contributed by atoms with van der Waals surface area (Å²) in [6.07, 6.45) is 3.72. The number of amides is 1. The molecule has 1 saturated heterocycles. The van der Waals surface area contributed by atoms with Crippen LogP contribution in [0.5, 0.6) is 0 Å². The minimum absolute atomic E-state index is 0.224. The largest absolute Gasteiger partial charge is 0.350 e. The first-order chi connectivity index (χ1) is 9.33. The Hall–Kier alpha value is -2.29. The first-order valence-corrected chi connectivity index (χ1v) is 6.08. The van der Waals surface area contributed by atoms with Crippen LogP contribution >= 0.6 is 0 Å². The highest BCUT2D eigenvalue weighted by Gasteiger charge is 2.21. The highest BCUT2D eigenvalue weighted by Crippen LogP contribution is 2.09. The summed E-state index contributed by atoms with van der Waals surface area (Å²) in [6.45, 7) is 2.22. The van der Waals surface area contributed by atoms with Crippen LogP contribution in [0.25, 0.3) is 0 Å². The SMILES string of the molecule is O=C(NCCc1ncn[nH]1)c1cn(C2CNC2)nn1. The monoisotopic (exact) mass is 262 g/mol. The molecule has 0 spiro atoms. The van der Waals surface area contributed by atoms with Gasteiger partial charge in [-0.1, -0.05) is 5.21 Å². The van der Waals surface area contributed by atoms with Gasteiger partial charge in [-0.05, 0) is 0 Å². The van der Waals surface area contributed by atoms with Gasteiger partial charge in [-0.25, -0.2) is 9.67 Å². The van der Waals surface area contributed by atoms with E-state index in [9.17, 15) is 4.79 Å². The maximum atomic E-state index is 11.8. The van der Waals surface area contributed by atoms with Crippen LogP contribution in [0.2, 0.25) is 0 Å². The molecule has 100 valence electrons. The molecule has 9 heteroatoms. The van der Waals surface area contributed by atoms with Gasteiger partial charge in [0.15, 0.2) is 5.69 Å². The molecule has 0 atom stereocenters. The van der Waals surface area contributed by atoms with Crippen LogP contribution in [-0.4, -0.2) is 55.7 Å². The zero-order valence-electron chi connectivity index (χ0n) is 10.2. The number of carbonyl (C=O) groups excluding carboxylic acids is 1. The second-order valence-corrected chi connectivity index (χ2v) is 4.33. The summed E-state index contributed by atoms with van der Waals surface area (Å²) in [7, 11) is 0. The van der Waals surface area contributed by atoms with Gasteiger partial charge in [0.05, 0.1) is 12.2 Å². The van der Waals surface area contributed by atoms with Crippen molar-refractivity contribution in [2.24, 2.45) is 0 Å². The molecule has 2 aromatic rings. The van der Waals surface area contributed by atoms with E-state index in [1.54, 1.807) is 10.9 Å². The van der Waals surface area contributed by atoms with Gasteiger partial charge >= 0.3 is 0 Å². The first kappa shape index (κ1) is 11.8. The maximum absolute atomic E-state index is 11.8. The van der Waals surface area contributed by atoms with E-state index in [1.807, 2.05) is 0 Å². The Morgan fingerprint density at radius 3 is 3.11 bits per heavy atom. The van der Waals surface area contributed by atoms with Crippen molar-refractivity contribution in [1.29, 1.82) is 0 Å². The predicted molar refractivity (Wildman–Crippen MR) is 64.3 cm³/mol. The van der Waals surface area contributed by atoms with Crippen molar-refractivity contribution in [2.45, 2.75) is 12.5 Å². The van der Waals surface area contributed by atoms with Gasteiger partial charge < -0.3 is 10.6 Å². The van der Waals surface area contributed by atoms with Gasteiger partial charge in [-0.3, -0.25) is 9.89 Å². The minimum Gasteiger partial charge on any atom is -0.350 e. The van der Waals surface area contributed by atoms with Gasteiger partial charge in [0.2, 0.25) is 0 Å². The molecular weight excluding hydrogens is 248 g/mol. The smallest absolute Gasteiger partial charge is 0.273 e. The van der Waals surface area contributed by atoms with E-state index in [4.69, 9.17) is 0 Å². The first-order valence-electron chi connectivity index (χ1n) is 6.08. The lowest BCUT2D eigenvalue weighted by atomic mass is 10.2. The van der Waals surface area contributed by atoms with Gasteiger partial charge in [0.25, 0.3) is 5.91 Å². The number of rotatable bonds is 5.